The number of unbranched alkanes of at least 4 members (excludes halogenated alkanes) is 2. The summed E-state index contributed by atoms with van der Waals surface area (Å²) in [5.74, 6) is 0.689. The Morgan fingerprint density at radius 2 is 1.68 bits per heavy atom. The fourth-order valence-electron chi connectivity index (χ4n) is 3.25. The van der Waals surface area contributed by atoms with Crippen molar-refractivity contribution >= 4 is 31.8 Å². The molecule has 7 heteroatoms. The predicted molar refractivity (Wildman–Crippen MR) is 109 cm³/mol. The van der Waals surface area contributed by atoms with Crippen molar-refractivity contribution in [3.05, 3.63) is 60.7 Å². The van der Waals surface area contributed by atoms with Crippen LogP contribution in [0.4, 0.5) is 0 Å². The molecule has 0 atom stereocenters. The van der Waals surface area contributed by atoms with Gasteiger partial charge in [0.15, 0.2) is 0 Å². The Kier molecular flexibility index (Phi) is 5.00. The second-order valence-corrected chi connectivity index (χ2v) is 8.32. The molecule has 0 fully saturated rings. The molecule has 1 aromatic heterocycles. The van der Waals surface area contributed by atoms with E-state index < -0.39 is 10.0 Å². The average Bonchev–Trinajstić information content (AvgIpc) is 3.16. The topological polar surface area (TPSA) is 74.1 Å². The van der Waals surface area contributed by atoms with Gasteiger partial charge in [0.05, 0.1) is 11.5 Å². The first-order valence-corrected chi connectivity index (χ1v) is 10.8. The van der Waals surface area contributed by atoms with Crippen LogP contribution in [0.25, 0.3) is 21.8 Å². The summed E-state index contributed by atoms with van der Waals surface area (Å²) in [6, 6.07) is 17.7. The van der Waals surface area contributed by atoms with E-state index in [1.807, 2.05) is 18.2 Å². The van der Waals surface area contributed by atoms with Crippen LogP contribution < -0.4 is 4.74 Å². The van der Waals surface area contributed by atoms with Gasteiger partial charge in [0.1, 0.15) is 16.8 Å². The summed E-state index contributed by atoms with van der Waals surface area (Å²) in [4.78, 5) is 0.180. The molecule has 4 rings (SSSR count). The molecule has 0 spiro atoms. The van der Waals surface area contributed by atoms with E-state index in [0.717, 1.165) is 28.7 Å². The van der Waals surface area contributed by atoms with Crippen molar-refractivity contribution in [3.8, 4) is 5.75 Å². The number of fused-ring (bicyclic) bond motifs is 2. The number of benzene rings is 3. The third kappa shape index (κ3) is 3.22. The molecule has 0 aliphatic carbocycles. The second kappa shape index (κ2) is 7.59. The summed E-state index contributed by atoms with van der Waals surface area (Å²) in [5.41, 5.74) is 0.984. The van der Waals surface area contributed by atoms with E-state index in [-0.39, 0.29) is 4.90 Å². The predicted octanol–water partition coefficient (Wildman–Crippen LogP) is 4.39. The second-order valence-electron chi connectivity index (χ2n) is 6.59. The van der Waals surface area contributed by atoms with Crippen LogP contribution in [-0.4, -0.2) is 29.4 Å². The van der Waals surface area contributed by atoms with E-state index in [0.29, 0.717) is 28.8 Å². The van der Waals surface area contributed by atoms with Gasteiger partial charge in [-0.05, 0) is 30.7 Å². The maximum atomic E-state index is 13.4. The van der Waals surface area contributed by atoms with Crippen LogP contribution in [0.5, 0.6) is 5.75 Å². The van der Waals surface area contributed by atoms with Crippen molar-refractivity contribution in [1.29, 1.82) is 0 Å². The minimum absolute atomic E-state index is 0.180. The Morgan fingerprint density at radius 3 is 2.50 bits per heavy atom. The smallest absolute Gasteiger partial charge is 0.285 e. The SMILES string of the molecule is CCCCCOc1ccc(S(=O)(=O)n2nnc3ccccc32)c2ccccc12. The molecule has 0 amide bonds. The summed E-state index contributed by atoms with van der Waals surface area (Å²) in [6.45, 7) is 2.75. The number of nitrogens with zero attached hydrogens (tertiary/aromatic N) is 3. The normalized spacial score (nSPS) is 11.9. The van der Waals surface area contributed by atoms with Crippen LogP contribution in [0, 0.1) is 0 Å². The lowest BCUT2D eigenvalue weighted by atomic mass is 10.1. The largest absolute Gasteiger partial charge is 0.493 e. The molecule has 0 radical (unpaired) electrons. The minimum atomic E-state index is -3.91. The molecule has 144 valence electrons. The third-order valence-corrected chi connectivity index (χ3v) is 6.31. The van der Waals surface area contributed by atoms with Gasteiger partial charge in [-0.25, -0.2) is 0 Å². The zero-order chi connectivity index (χ0) is 19.6. The molecule has 4 aromatic rings. The molecular weight excluding hydrogens is 374 g/mol. The molecule has 28 heavy (non-hydrogen) atoms. The van der Waals surface area contributed by atoms with E-state index in [1.165, 1.54) is 0 Å². The summed E-state index contributed by atoms with van der Waals surface area (Å²) < 4.78 is 33.6. The quantitative estimate of drug-likeness (QED) is 0.434. The molecule has 1 heterocycles. The van der Waals surface area contributed by atoms with Crippen molar-refractivity contribution in [1.82, 2.24) is 14.4 Å². The van der Waals surface area contributed by atoms with Gasteiger partial charge in [0.2, 0.25) is 0 Å². The minimum Gasteiger partial charge on any atom is -0.493 e. The van der Waals surface area contributed by atoms with Gasteiger partial charge in [-0.15, -0.1) is 9.19 Å². The number of aromatic nitrogens is 3. The summed E-state index contributed by atoms with van der Waals surface area (Å²) in [6.07, 6.45) is 3.19. The van der Waals surface area contributed by atoms with E-state index >= 15 is 0 Å². The maximum absolute atomic E-state index is 13.4. The van der Waals surface area contributed by atoms with Gasteiger partial charge in [0, 0.05) is 10.8 Å². The highest BCUT2D eigenvalue weighted by molar-refractivity contribution is 7.90. The Labute approximate surface area is 163 Å². The number of rotatable bonds is 7. The Hall–Kier alpha value is -2.93. The molecule has 3 aromatic carbocycles. The number of hydrogen-bond acceptors (Lipinski definition) is 5. The molecule has 0 saturated heterocycles. The standard InChI is InChI=1S/C21H21N3O3S/c1-2-3-8-15-27-20-13-14-21(17-10-5-4-9-16(17)20)28(25,26)24-19-12-7-6-11-18(19)22-23-24/h4-7,9-14H,2-3,8,15H2,1H3. The van der Waals surface area contributed by atoms with E-state index in [4.69, 9.17) is 4.74 Å². The van der Waals surface area contributed by atoms with Crippen LogP contribution in [0.15, 0.2) is 65.6 Å². The number of hydrogen-bond donors (Lipinski definition) is 0. The molecule has 6 nitrogen and oxygen atoms in total. The van der Waals surface area contributed by atoms with Gasteiger partial charge < -0.3 is 4.74 Å². The summed E-state index contributed by atoms with van der Waals surface area (Å²) in [7, 11) is -3.91. The van der Waals surface area contributed by atoms with Crippen molar-refractivity contribution in [3.63, 3.8) is 0 Å². The van der Waals surface area contributed by atoms with Gasteiger partial charge in [-0.3, -0.25) is 0 Å². The monoisotopic (exact) mass is 395 g/mol. The Bertz CT molecular complexity index is 1230. The lowest BCUT2D eigenvalue weighted by molar-refractivity contribution is 0.309. The highest BCUT2D eigenvalue weighted by Crippen LogP contribution is 2.32. The van der Waals surface area contributed by atoms with Gasteiger partial charge in [-0.2, -0.15) is 8.42 Å². The molecule has 0 saturated carbocycles. The highest BCUT2D eigenvalue weighted by Gasteiger charge is 2.24. The molecule has 0 bridgehead atoms. The average molecular weight is 395 g/mol. The number of ether oxygens (including phenoxy) is 1. The van der Waals surface area contributed by atoms with Crippen LogP contribution in [0.1, 0.15) is 26.2 Å². The molecule has 0 N–H and O–H groups in total. The fourth-order valence-corrected chi connectivity index (χ4v) is 4.68. The first-order chi connectivity index (χ1) is 13.6. The molecular formula is C21H21N3O3S. The first-order valence-electron chi connectivity index (χ1n) is 9.33. The van der Waals surface area contributed by atoms with Crippen LogP contribution in [-0.2, 0) is 10.0 Å². The Morgan fingerprint density at radius 1 is 0.929 bits per heavy atom. The lowest BCUT2D eigenvalue weighted by Gasteiger charge is -2.13. The Balaban J connectivity index is 1.81. The van der Waals surface area contributed by atoms with E-state index in [2.05, 4.69) is 17.2 Å². The molecule has 0 aliphatic rings. The highest BCUT2D eigenvalue weighted by atomic mass is 32.2. The van der Waals surface area contributed by atoms with E-state index in [1.54, 1.807) is 42.5 Å². The van der Waals surface area contributed by atoms with Crippen molar-refractivity contribution in [2.24, 2.45) is 0 Å². The number of para-hydroxylation sites is 1. The maximum Gasteiger partial charge on any atom is 0.285 e. The summed E-state index contributed by atoms with van der Waals surface area (Å²) in [5, 5.41) is 9.24. The zero-order valence-corrected chi connectivity index (χ0v) is 16.4. The molecule has 0 unspecified atom stereocenters. The van der Waals surface area contributed by atoms with Crippen molar-refractivity contribution < 1.29 is 13.2 Å². The van der Waals surface area contributed by atoms with Crippen LogP contribution >= 0.6 is 0 Å². The van der Waals surface area contributed by atoms with Crippen LogP contribution in [0.2, 0.25) is 0 Å². The van der Waals surface area contributed by atoms with Gasteiger partial charge in [0.25, 0.3) is 10.0 Å². The van der Waals surface area contributed by atoms with E-state index in [9.17, 15) is 8.42 Å². The first kappa shape index (κ1) is 18.4. The van der Waals surface area contributed by atoms with Gasteiger partial charge in [-0.1, -0.05) is 61.4 Å². The van der Waals surface area contributed by atoms with Crippen molar-refractivity contribution in [2.45, 2.75) is 31.1 Å². The molecule has 0 aliphatic heterocycles. The van der Waals surface area contributed by atoms with Gasteiger partial charge >= 0.3 is 0 Å². The van der Waals surface area contributed by atoms with Crippen LogP contribution in [0.3, 0.4) is 0 Å². The van der Waals surface area contributed by atoms with Crippen molar-refractivity contribution in [2.75, 3.05) is 6.61 Å². The lowest BCUT2D eigenvalue weighted by Crippen LogP contribution is -2.15. The summed E-state index contributed by atoms with van der Waals surface area (Å²) >= 11 is 0. The zero-order valence-electron chi connectivity index (χ0n) is 15.6. The third-order valence-electron chi connectivity index (χ3n) is 4.68. The fraction of sp³-hybridized carbons (Fsp3) is 0.238.